The molecule has 1 fully saturated rings. The third kappa shape index (κ3) is 3.67. The van der Waals surface area contributed by atoms with E-state index in [1.165, 1.54) is 30.2 Å². The number of halogens is 1. The number of rotatable bonds is 4. The van der Waals surface area contributed by atoms with E-state index in [4.69, 9.17) is 4.74 Å². The van der Waals surface area contributed by atoms with Crippen LogP contribution in [0.15, 0.2) is 66.2 Å². The molecule has 3 aromatic carbocycles. The molecule has 0 radical (unpaired) electrons. The van der Waals surface area contributed by atoms with Gasteiger partial charge in [-0.1, -0.05) is 42.5 Å². The lowest BCUT2D eigenvalue weighted by Crippen LogP contribution is -2.30. The van der Waals surface area contributed by atoms with Crippen LogP contribution in [0.2, 0.25) is 0 Å². The molecule has 0 bridgehead atoms. The molecule has 1 saturated heterocycles. The van der Waals surface area contributed by atoms with Crippen LogP contribution >= 0.6 is 0 Å². The summed E-state index contributed by atoms with van der Waals surface area (Å²) in [5.41, 5.74) is 3.02. The fraction of sp³-hybridized carbons (Fsp3) is 0.185. The molecule has 1 aliphatic rings. The van der Waals surface area contributed by atoms with Crippen LogP contribution in [0.5, 0.6) is 5.75 Å². The van der Waals surface area contributed by atoms with Gasteiger partial charge >= 0.3 is 0 Å². The highest BCUT2D eigenvalue weighted by atomic mass is 19.1. The lowest BCUT2D eigenvalue weighted by molar-refractivity contribution is -0.132. The van der Waals surface area contributed by atoms with Crippen LogP contribution in [0, 0.1) is 26.6 Å². The van der Waals surface area contributed by atoms with Crippen molar-refractivity contribution in [2.24, 2.45) is 0 Å². The van der Waals surface area contributed by atoms with E-state index in [1.54, 1.807) is 37.3 Å². The van der Waals surface area contributed by atoms with Crippen LogP contribution in [-0.2, 0) is 9.59 Å². The maximum atomic E-state index is 15.0. The van der Waals surface area contributed by atoms with Gasteiger partial charge in [0.2, 0.25) is 0 Å². The van der Waals surface area contributed by atoms with Gasteiger partial charge in [-0.05, 0) is 55.7 Å². The molecule has 1 heterocycles. The molecule has 168 valence electrons. The summed E-state index contributed by atoms with van der Waals surface area (Å²) in [5, 5.41) is 11.4. The first-order valence-corrected chi connectivity index (χ1v) is 10.5. The molecule has 33 heavy (non-hydrogen) atoms. The van der Waals surface area contributed by atoms with Crippen molar-refractivity contribution in [1.82, 2.24) is 0 Å². The van der Waals surface area contributed by atoms with E-state index in [-0.39, 0.29) is 16.7 Å². The van der Waals surface area contributed by atoms with Crippen molar-refractivity contribution in [2.45, 2.75) is 26.8 Å². The number of hydrogen-bond acceptors (Lipinski definition) is 4. The second kappa shape index (κ2) is 8.54. The Morgan fingerprint density at radius 3 is 2.30 bits per heavy atom. The van der Waals surface area contributed by atoms with Crippen LogP contribution in [0.25, 0.3) is 5.76 Å². The minimum atomic E-state index is -1.14. The molecule has 0 spiro atoms. The molecule has 5 nitrogen and oxygen atoms in total. The summed E-state index contributed by atoms with van der Waals surface area (Å²) < 4.78 is 20.5. The lowest BCUT2D eigenvalue weighted by Gasteiger charge is -2.27. The molecular formula is C27H24FNO4. The monoisotopic (exact) mass is 445 g/mol. The molecule has 0 aromatic heterocycles. The first-order chi connectivity index (χ1) is 15.8. The number of aryl methyl sites for hydroxylation is 3. The number of carbonyl (C=O) groups is 2. The van der Waals surface area contributed by atoms with E-state index < -0.39 is 29.3 Å². The van der Waals surface area contributed by atoms with Crippen molar-refractivity contribution in [2.75, 3.05) is 12.0 Å². The predicted octanol–water partition coefficient (Wildman–Crippen LogP) is 5.39. The normalized spacial score (nSPS) is 17.5. The van der Waals surface area contributed by atoms with Gasteiger partial charge in [0.25, 0.3) is 11.7 Å². The first kappa shape index (κ1) is 22.3. The van der Waals surface area contributed by atoms with E-state index in [0.29, 0.717) is 11.4 Å². The first-order valence-electron chi connectivity index (χ1n) is 10.5. The molecule has 1 atom stereocenters. The minimum Gasteiger partial charge on any atom is -0.507 e. The van der Waals surface area contributed by atoms with Crippen LogP contribution in [0.4, 0.5) is 10.1 Å². The zero-order valence-corrected chi connectivity index (χ0v) is 18.8. The van der Waals surface area contributed by atoms with E-state index in [2.05, 4.69) is 0 Å². The summed E-state index contributed by atoms with van der Waals surface area (Å²) in [6, 6.07) is 15.4. The van der Waals surface area contributed by atoms with Crippen LogP contribution in [0.1, 0.15) is 33.9 Å². The van der Waals surface area contributed by atoms with E-state index in [0.717, 1.165) is 16.7 Å². The molecule has 6 heteroatoms. The number of para-hydroxylation sites is 1. The van der Waals surface area contributed by atoms with Gasteiger partial charge in [-0.25, -0.2) is 4.39 Å². The number of Topliss-reactive ketones (excluding diaryl/α,β-unsaturated/α-hetero) is 1. The Bertz CT molecular complexity index is 1310. The van der Waals surface area contributed by atoms with Crippen LogP contribution < -0.4 is 9.64 Å². The van der Waals surface area contributed by atoms with Crippen LogP contribution in [-0.4, -0.2) is 23.9 Å². The Balaban J connectivity index is 2.05. The summed E-state index contributed by atoms with van der Waals surface area (Å²) in [4.78, 5) is 27.8. The number of hydrogen-bond donors (Lipinski definition) is 1. The number of benzene rings is 3. The van der Waals surface area contributed by atoms with Gasteiger partial charge in [0.1, 0.15) is 17.3 Å². The summed E-state index contributed by atoms with van der Waals surface area (Å²) in [7, 11) is 1.47. The van der Waals surface area contributed by atoms with Gasteiger partial charge in [-0.15, -0.1) is 0 Å². The van der Waals surface area contributed by atoms with E-state index in [9.17, 15) is 14.7 Å². The molecule has 1 N–H and O–H groups in total. The fourth-order valence-electron chi connectivity index (χ4n) is 4.45. The van der Waals surface area contributed by atoms with Crippen molar-refractivity contribution >= 4 is 23.1 Å². The average molecular weight is 445 g/mol. The Morgan fingerprint density at radius 1 is 0.970 bits per heavy atom. The quantitative estimate of drug-likeness (QED) is 0.332. The summed E-state index contributed by atoms with van der Waals surface area (Å²) in [5.74, 6) is -2.32. The summed E-state index contributed by atoms with van der Waals surface area (Å²) in [6.07, 6.45) is 0. The Labute approximate surface area is 191 Å². The number of amides is 1. The highest BCUT2D eigenvalue weighted by molar-refractivity contribution is 6.51. The van der Waals surface area contributed by atoms with E-state index in [1.807, 2.05) is 26.0 Å². The van der Waals surface area contributed by atoms with Gasteiger partial charge < -0.3 is 9.84 Å². The van der Waals surface area contributed by atoms with Crippen molar-refractivity contribution in [3.05, 3.63) is 99.9 Å². The third-order valence-electron chi connectivity index (χ3n) is 5.90. The largest absolute Gasteiger partial charge is 0.507 e. The SMILES string of the molecule is COc1c(C)cc(C)cc1/C(O)=C1\C(=O)C(=O)N(c2ccccc2C)C1c1ccccc1F. The minimum absolute atomic E-state index is 0.116. The predicted molar refractivity (Wildman–Crippen MR) is 125 cm³/mol. The smallest absolute Gasteiger partial charge is 0.300 e. The maximum absolute atomic E-state index is 15.0. The van der Waals surface area contributed by atoms with Crippen LogP contribution in [0.3, 0.4) is 0 Å². The van der Waals surface area contributed by atoms with Gasteiger partial charge in [0.05, 0.1) is 24.3 Å². The Morgan fingerprint density at radius 2 is 1.64 bits per heavy atom. The molecule has 3 aromatic rings. The molecule has 1 amide bonds. The second-order valence-electron chi connectivity index (χ2n) is 8.14. The maximum Gasteiger partial charge on any atom is 0.300 e. The topological polar surface area (TPSA) is 66.8 Å². The number of aliphatic hydroxyl groups excluding tert-OH is 1. The van der Waals surface area contributed by atoms with Gasteiger partial charge in [0, 0.05) is 11.3 Å². The summed E-state index contributed by atoms with van der Waals surface area (Å²) >= 11 is 0. The standard InChI is InChI=1S/C27H24FNO4/c1-15-13-17(3)26(33-4)19(14-15)24(30)22-23(18-10-6-7-11-20(18)28)29(27(32)25(22)31)21-12-8-5-9-16(21)2/h5-14,23,30H,1-4H3/b24-22+. The zero-order chi connectivity index (χ0) is 23.9. The Hall–Kier alpha value is -3.93. The molecule has 1 aliphatic heterocycles. The molecular weight excluding hydrogens is 421 g/mol. The number of methoxy groups -OCH3 is 1. The van der Waals surface area contributed by atoms with Crippen molar-refractivity contribution in [3.8, 4) is 5.75 Å². The van der Waals surface area contributed by atoms with Gasteiger partial charge in [0.15, 0.2) is 0 Å². The Kier molecular flexibility index (Phi) is 5.77. The molecule has 0 saturated carbocycles. The number of nitrogens with zero attached hydrogens (tertiary/aromatic N) is 1. The molecule has 0 aliphatic carbocycles. The molecule has 4 rings (SSSR count). The number of aliphatic hydroxyl groups is 1. The number of ether oxygens (including phenoxy) is 1. The lowest BCUT2D eigenvalue weighted by atomic mass is 9.93. The number of ketones is 1. The van der Waals surface area contributed by atoms with E-state index >= 15 is 4.39 Å². The van der Waals surface area contributed by atoms with Crippen molar-refractivity contribution in [3.63, 3.8) is 0 Å². The molecule has 1 unspecified atom stereocenters. The van der Waals surface area contributed by atoms with Crippen molar-refractivity contribution in [1.29, 1.82) is 0 Å². The average Bonchev–Trinajstić information content (AvgIpc) is 3.04. The number of anilines is 1. The summed E-state index contributed by atoms with van der Waals surface area (Å²) in [6.45, 7) is 5.48. The highest BCUT2D eigenvalue weighted by Gasteiger charge is 2.48. The third-order valence-corrected chi connectivity index (χ3v) is 5.90. The fourth-order valence-corrected chi connectivity index (χ4v) is 4.45. The van der Waals surface area contributed by atoms with Gasteiger partial charge in [-0.2, -0.15) is 0 Å². The highest BCUT2D eigenvalue weighted by Crippen LogP contribution is 2.45. The van der Waals surface area contributed by atoms with Gasteiger partial charge in [-0.3, -0.25) is 14.5 Å². The zero-order valence-electron chi connectivity index (χ0n) is 18.8. The second-order valence-corrected chi connectivity index (χ2v) is 8.14. The number of carbonyl (C=O) groups excluding carboxylic acids is 2. The van der Waals surface area contributed by atoms with Crippen molar-refractivity contribution < 1.29 is 23.8 Å².